The first-order chi connectivity index (χ1) is 12.0. The van der Waals surface area contributed by atoms with Crippen molar-refractivity contribution >= 4 is 34.8 Å². The van der Waals surface area contributed by atoms with Gasteiger partial charge in [0.2, 0.25) is 5.69 Å². The summed E-state index contributed by atoms with van der Waals surface area (Å²) in [5.74, 6) is -0.0427. The number of ether oxygens (including phenoxy) is 1. The molecule has 128 valence electrons. The Balaban J connectivity index is 1.95. The van der Waals surface area contributed by atoms with Crippen LogP contribution >= 0.6 is 23.2 Å². The fourth-order valence-electron chi connectivity index (χ4n) is 2.20. The molecule has 3 rings (SSSR count). The fourth-order valence-corrected chi connectivity index (χ4v) is 2.72. The molecule has 0 bridgehead atoms. The van der Waals surface area contributed by atoms with E-state index < -0.39 is 11.5 Å². The normalized spacial score (nSPS) is 10.5. The van der Waals surface area contributed by atoms with Crippen LogP contribution in [0.3, 0.4) is 0 Å². The molecule has 0 atom stereocenters. The van der Waals surface area contributed by atoms with E-state index in [4.69, 9.17) is 32.5 Å². The highest BCUT2D eigenvalue weighted by Crippen LogP contribution is 2.22. The lowest BCUT2D eigenvalue weighted by molar-refractivity contribution is -0.672. The minimum Gasteiger partial charge on any atom is -0.497 e. The highest BCUT2D eigenvalue weighted by molar-refractivity contribution is 6.35. The van der Waals surface area contributed by atoms with Crippen LogP contribution in [0.15, 0.2) is 51.8 Å². The molecule has 25 heavy (non-hydrogen) atoms. The number of hydrogen-bond donors (Lipinski definition) is 2. The highest BCUT2D eigenvalue weighted by Gasteiger charge is 2.31. The maximum Gasteiger partial charge on any atom is 0.441 e. The maximum atomic E-state index is 12.5. The van der Waals surface area contributed by atoms with Gasteiger partial charge in [0.15, 0.2) is 0 Å². The summed E-state index contributed by atoms with van der Waals surface area (Å²) < 4.78 is 11.1. The van der Waals surface area contributed by atoms with Crippen LogP contribution in [0.1, 0.15) is 10.5 Å². The number of carbonyl (C=O) groups excluding carboxylic acids is 1. The van der Waals surface area contributed by atoms with Gasteiger partial charge in [0.25, 0.3) is 0 Å². The van der Waals surface area contributed by atoms with Gasteiger partial charge in [-0.05, 0) is 40.3 Å². The molecule has 7 nitrogen and oxygen atoms in total. The van der Waals surface area contributed by atoms with E-state index in [9.17, 15) is 9.59 Å². The zero-order chi connectivity index (χ0) is 18.0. The van der Waals surface area contributed by atoms with Crippen molar-refractivity contribution in [2.24, 2.45) is 0 Å². The van der Waals surface area contributed by atoms with Gasteiger partial charge in [-0.2, -0.15) is 0 Å². The molecule has 2 aromatic carbocycles. The second-order valence-electron chi connectivity index (χ2n) is 4.98. The molecule has 0 saturated carbocycles. The Morgan fingerprint density at radius 2 is 1.80 bits per heavy atom. The van der Waals surface area contributed by atoms with Gasteiger partial charge in [0.1, 0.15) is 5.75 Å². The van der Waals surface area contributed by atoms with E-state index >= 15 is 0 Å². The van der Waals surface area contributed by atoms with Crippen molar-refractivity contribution < 1.29 is 18.7 Å². The average Bonchev–Trinajstić information content (AvgIpc) is 2.95. The van der Waals surface area contributed by atoms with E-state index in [1.807, 2.05) is 0 Å². The highest BCUT2D eigenvalue weighted by atomic mass is 35.5. The van der Waals surface area contributed by atoms with Crippen molar-refractivity contribution in [2.75, 3.05) is 12.4 Å². The van der Waals surface area contributed by atoms with E-state index in [2.05, 4.69) is 10.6 Å². The van der Waals surface area contributed by atoms with Crippen molar-refractivity contribution in [3.8, 4) is 11.4 Å². The van der Waals surface area contributed by atoms with Gasteiger partial charge in [0.05, 0.1) is 7.11 Å². The third-order valence-electron chi connectivity index (χ3n) is 3.31. The number of benzene rings is 2. The molecule has 1 aromatic heterocycles. The van der Waals surface area contributed by atoms with E-state index in [1.54, 1.807) is 24.3 Å². The zero-order valence-electron chi connectivity index (χ0n) is 12.9. The quantitative estimate of drug-likeness (QED) is 0.681. The summed E-state index contributed by atoms with van der Waals surface area (Å²) in [6.45, 7) is 0. The van der Waals surface area contributed by atoms with Crippen molar-refractivity contribution in [3.05, 3.63) is 68.6 Å². The summed E-state index contributed by atoms with van der Waals surface area (Å²) in [6, 6.07) is 11.3. The molecule has 1 heterocycles. The molecule has 0 fully saturated rings. The van der Waals surface area contributed by atoms with E-state index in [1.165, 1.54) is 30.0 Å². The van der Waals surface area contributed by atoms with Gasteiger partial charge < -0.3 is 10.1 Å². The second kappa shape index (κ2) is 7.00. The number of rotatable bonds is 4. The number of H-pyrrole nitrogens is 1. The molecule has 0 unspecified atom stereocenters. The molecule has 3 aromatic rings. The lowest BCUT2D eigenvalue weighted by atomic mass is 10.3. The van der Waals surface area contributed by atoms with Crippen molar-refractivity contribution in [1.29, 1.82) is 0 Å². The van der Waals surface area contributed by atoms with Gasteiger partial charge >= 0.3 is 17.2 Å². The topological polar surface area (TPSA) is 88.2 Å². The lowest BCUT2D eigenvalue weighted by Gasteiger charge is -2.03. The van der Waals surface area contributed by atoms with Crippen LogP contribution < -0.4 is 20.4 Å². The maximum absolute atomic E-state index is 12.5. The van der Waals surface area contributed by atoms with Crippen LogP contribution in [0, 0.1) is 0 Å². The number of halogens is 2. The number of anilines is 1. The minimum atomic E-state index is -0.818. The zero-order valence-corrected chi connectivity index (χ0v) is 14.4. The van der Waals surface area contributed by atoms with Gasteiger partial charge in [-0.15, -0.1) is 0 Å². The monoisotopic (exact) mass is 380 g/mol. The molecule has 0 radical (unpaired) electrons. The first-order valence-corrected chi connectivity index (χ1v) is 7.79. The van der Waals surface area contributed by atoms with Crippen LogP contribution in [0.2, 0.25) is 10.0 Å². The second-order valence-corrected chi connectivity index (χ2v) is 5.85. The summed E-state index contributed by atoms with van der Waals surface area (Å²) in [5.41, 5.74) is -0.187. The van der Waals surface area contributed by atoms with E-state index in [-0.39, 0.29) is 5.69 Å². The van der Waals surface area contributed by atoms with Gasteiger partial charge in [-0.1, -0.05) is 23.2 Å². The Hall–Kier alpha value is -2.77. The first kappa shape index (κ1) is 17.1. The Bertz CT molecular complexity index is 960. The van der Waals surface area contributed by atoms with Crippen molar-refractivity contribution in [3.63, 3.8) is 0 Å². The smallest absolute Gasteiger partial charge is 0.441 e. The van der Waals surface area contributed by atoms with Crippen LogP contribution in [0.4, 0.5) is 5.69 Å². The Morgan fingerprint density at radius 1 is 1.16 bits per heavy atom. The van der Waals surface area contributed by atoms with Gasteiger partial charge in [-0.3, -0.25) is 9.32 Å². The number of aromatic nitrogens is 2. The third kappa shape index (κ3) is 3.67. The lowest BCUT2D eigenvalue weighted by Crippen LogP contribution is -2.42. The number of aromatic amines is 1. The number of amides is 1. The standard InChI is InChI=1S/C16H11Cl2N3O4/c1-24-13-4-2-12(3-5-13)21-14(16(23)25-20-21)15(22)19-11-7-9(17)6-10(18)8-11/h2-8H,1H3,(H-,19,20,22,23)/p+1. The summed E-state index contributed by atoms with van der Waals surface area (Å²) in [4.78, 5) is 24.5. The summed E-state index contributed by atoms with van der Waals surface area (Å²) >= 11 is 11.8. The Morgan fingerprint density at radius 3 is 2.40 bits per heavy atom. The number of carbonyl (C=O) groups is 1. The van der Waals surface area contributed by atoms with Crippen LogP contribution in [0.25, 0.3) is 5.69 Å². The SMILES string of the molecule is COc1ccc(-[n+]2[nH]oc(=O)c2C(=O)Nc2cc(Cl)cc(Cl)c2)cc1. The van der Waals surface area contributed by atoms with E-state index in [0.29, 0.717) is 27.2 Å². The molecule has 0 aliphatic rings. The predicted molar refractivity (Wildman–Crippen MR) is 91.8 cm³/mol. The van der Waals surface area contributed by atoms with Crippen LogP contribution in [0.5, 0.6) is 5.75 Å². The molecule has 9 heteroatoms. The molecule has 2 N–H and O–H groups in total. The van der Waals surface area contributed by atoms with Crippen molar-refractivity contribution in [1.82, 2.24) is 5.27 Å². The molecule has 0 aliphatic heterocycles. The van der Waals surface area contributed by atoms with Crippen molar-refractivity contribution in [2.45, 2.75) is 0 Å². The van der Waals surface area contributed by atoms with Gasteiger partial charge in [-0.25, -0.2) is 4.79 Å². The molecule has 1 amide bonds. The fraction of sp³-hybridized carbons (Fsp3) is 0.0625. The largest absolute Gasteiger partial charge is 0.497 e. The number of hydrogen-bond acceptors (Lipinski definition) is 4. The first-order valence-electron chi connectivity index (χ1n) is 7.03. The van der Waals surface area contributed by atoms with Crippen LogP contribution in [-0.4, -0.2) is 18.3 Å². The molecule has 0 spiro atoms. The number of nitrogens with one attached hydrogen (secondary N) is 2. The summed E-state index contributed by atoms with van der Waals surface area (Å²) in [5, 5.41) is 5.67. The molecular weight excluding hydrogens is 369 g/mol. The predicted octanol–water partition coefficient (Wildman–Crippen LogP) is 2.81. The van der Waals surface area contributed by atoms with E-state index in [0.717, 1.165) is 0 Å². The molecule has 0 saturated heterocycles. The average molecular weight is 381 g/mol. The Labute approximate surface area is 151 Å². The molecule has 0 aliphatic carbocycles. The number of nitrogens with zero attached hydrogens (tertiary/aromatic N) is 1. The van der Waals surface area contributed by atoms with Crippen LogP contribution in [-0.2, 0) is 0 Å². The molecular formula is C16H12Cl2N3O4+. The minimum absolute atomic E-state index is 0.235. The summed E-state index contributed by atoms with van der Waals surface area (Å²) in [7, 11) is 1.54. The summed E-state index contributed by atoms with van der Waals surface area (Å²) in [6.07, 6.45) is 0. The third-order valence-corrected chi connectivity index (χ3v) is 3.75. The number of methoxy groups -OCH3 is 1. The Kier molecular flexibility index (Phi) is 4.78. The van der Waals surface area contributed by atoms with Gasteiger partial charge in [0, 0.05) is 27.9 Å².